The molecule has 2 atom stereocenters. The Labute approximate surface area is 147 Å². The molecule has 1 aromatic carbocycles. The highest BCUT2D eigenvalue weighted by Crippen LogP contribution is 2.25. The molecule has 2 fully saturated rings. The van der Waals surface area contributed by atoms with Crippen LogP contribution in [0.25, 0.3) is 0 Å². The highest BCUT2D eigenvalue weighted by molar-refractivity contribution is 6.32. The fourth-order valence-electron chi connectivity index (χ4n) is 3.43. The number of amides is 1. The van der Waals surface area contributed by atoms with Crippen molar-refractivity contribution in [3.05, 3.63) is 28.8 Å². The third-order valence-corrected chi connectivity index (χ3v) is 5.29. The number of aromatic hydroxyl groups is 1. The van der Waals surface area contributed by atoms with Gasteiger partial charge in [0.05, 0.1) is 23.6 Å². The van der Waals surface area contributed by atoms with Gasteiger partial charge in [-0.25, -0.2) is 0 Å². The van der Waals surface area contributed by atoms with Crippen molar-refractivity contribution in [1.82, 2.24) is 14.7 Å². The number of piperazine rings is 1. The van der Waals surface area contributed by atoms with Crippen LogP contribution in [-0.4, -0.2) is 89.3 Å². The summed E-state index contributed by atoms with van der Waals surface area (Å²) < 4.78 is 0. The summed E-state index contributed by atoms with van der Waals surface area (Å²) >= 11 is 5.89. The zero-order valence-electron chi connectivity index (χ0n) is 13.9. The predicted octanol–water partition coefficient (Wildman–Crippen LogP) is 0.407. The summed E-state index contributed by atoms with van der Waals surface area (Å²) in [6.45, 7) is 4.77. The standard InChI is InChI=1S/C17H24ClN3O3/c1-19-4-6-20(7-5-19)14-10-21(11-16(14)23)17(24)9-12-2-3-15(22)13(18)8-12/h2-3,8,14,16,22-23H,4-7,9-11H2,1H3/t14-,16-/m0/s1. The molecular weight excluding hydrogens is 330 g/mol. The van der Waals surface area contributed by atoms with Gasteiger partial charge >= 0.3 is 0 Å². The minimum absolute atomic E-state index is 0.0135. The lowest BCUT2D eigenvalue weighted by molar-refractivity contribution is -0.129. The molecule has 0 radical (unpaired) electrons. The highest BCUT2D eigenvalue weighted by atomic mass is 35.5. The lowest BCUT2D eigenvalue weighted by Gasteiger charge is -2.37. The number of phenols is 1. The first-order valence-corrected chi connectivity index (χ1v) is 8.67. The first kappa shape index (κ1) is 17.5. The fraction of sp³-hybridized carbons (Fsp3) is 0.588. The van der Waals surface area contributed by atoms with Crippen molar-refractivity contribution >= 4 is 17.5 Å². The number of carbonyl (C=O) groups is 1. The second kappa shape index (κ2) is 7.27. The Hall–Kier alpha value is -1.34. The first-order chi connectivity index (χ1) is 11.4. The molecule has 0 spiro atoms. The minimum Gasteiger partial charge on any atom is -0.506 e. The molecule has 1 amide bonds. The molecule has 0 bridgehead atoms. The summed E-state index contributed by atoms with van der Waals surface area (Å²) in [5, 5.41) is 20.1. The van der Waals surface area contributed by atoms with E-state index >= 15 is 0 Å². The second-order valence-corrected chi connectivity index (χ2v) is 7.14. The molecule has 0 aromatic heterocycles. The van der Waals surface area contributed by atoms with Gasteiger partial charge in [0, 0.05) is 39.3 Å². The van der Waals surface area contributed by atoms with E-state index in [1.807, 2.05) is 0 Å². The van der Waals surface area contributed by atoms with Crippen LogP contribution in [0.15, 0.2) is 18.2 Å². The fourth-order valence-corrected chi connectivity index (χ4v) is 3.64. The monoisotopic (exact) mass is 353 g/mol. The Kier molecular flexibility index (Phi) is 5.30. The summed E-state index contributed by atoms with van der Waals surface area (Å²) in [6, 6.07) is 4.82. The van der Waals surface area contributed by atoms with E-state index in [2.05, 4.69) is 16.8 Å². The molecule has 2 N–H and O–H groups in total. The Morgan fingerprint density at radius 2 is 1.96 bits per heavy atom. The van der Waals surface area contributed by atoms with E-state index in [-0.39, 0.29) is 29.1 Å². The van der Waals surface area contributed by atoms with Gasteiger partial charge in [-0.1, -0.05) is 17.7 Å². The van der Waals surface area contributed by atoms with Crippen LogP contribution in [0.4, 0.5) is 0 Å². The number of carbonyl (C=O) groups excluding carboxylic acids is 1. The molecule has 132 valence electrons. The van der Waals surface area contributed by atoms with Crippen LogP contribution in [0.1, 0.15) is 5.56 Å². The van der Waals surface area contributed by atoms with Gasteiger partial charge in [0.2, 0.25) is 5.91 Å². The van der Waals surface area contributed by atoms with Gasteiger partial charge in [0.15, 0.2) is 0 Å². The minimum atomic E-state index is -0.499. The SMILES string of the molecule is CN1CCN([C@H]2CN(C(=O)Cc3ccc(O)c(Cl)c3)C[C@@H]2O)CC1. The number of benzene rings is 1. The van der Waals surface area contributed by atoms with Crippen molar-refractivity contribution < 1.29 is 15.0 Å². The van der Waals surface area contributed by atoms with E-state index in [4.69, 9.17) is 11.6 Å². The summed E-state index contributed by atoms with van der Waals surface area (Å²) in [4.78, 5) is 18.8. The normalized spacial score (nSPS) is 26.0. The number of nitrogens with zero attached hydrogens (tertiary/aromatic N) is 3. The third-order valence-electron chi connectivity index (χ3n) is 4.99. The zero-order chi connectivity index (χ0) is 17.3. The van der Waals surface area contributed by atoms with Gasteiger partial charge in [-0.2, -0.15) is 0 Å². The van der Waals surface area contributed by atoms with Gasteiger partial charge < -0.3 is 20.0 Å². The average molecular weight is 354 g/mol. The van der Waals surface area contributed by atoms with Gasteiger partial charge in [0.1, 0.15) is 5.75 Å². The first-order valence-electron chi connectivity index (χ1n) is 8.30. The predicted molar refractivity (Wildman–Crippen MR) is 92.3 cm³/mol. The quantitative estimate of drug-likeness (QED) is 0.823. The molecule has 7 heteroatoms. The number of hydrogen-bond donors (Lipinski definition) is 2. The summed E-state index contributed by atoms with van der Waals surface area (Å²) in [7, 11) is 2.10. The van der Waals surface area contributed by atoms with E-state index in [1.54, 1.807) is 17.0 Å². The van der Waals surface area contributed by atoms with Gasteiger partial charge in [-0.3, -0.25) is 9.69 Å². The summed E-state index contributed by atoms with van der Waals surface area (Å²) in [6.07, 6.45) is -0.275. The maximum Gasteiger partial charge on any atom is 0.227 e. The van der Waals surface area contributed by atoms with Crippen molar-refractivity contribution in [2.24, 2.45) is 0 Å². The van der Waals surface area contributed by atoms with Crippen LogP contribution in [0.3, 0.4) is 0 Å². The number of phenolic OH excluding ortho intramolecular Hbond substituents is 1. The molecule has 2 heterocycles. The number of β-amino-alcohol motifs (C(OH)–C–C–N with tert-alkyl or cyclic N) is 1. The number of rotatable bonds is 3. The van der Waals surface area contributed by atoms with Crippen molar-refractivity contribution in [3.63, 3.8) is 0 Å². The third kappa shape index (κ3) is 3.83. The molecule has 2 aliphatic rings. The summed E-state index contributed by atoms with van der Waals surface area (Å²) in [5.41, 5.74) is 0.764. The molecule has 3 rings (SSSR count). The van der Waals surface area contributed by atoms with Crippen molar-refractivity contribution in [2.45, 2.75) is 18.6 Å². The molecule has 0 saturated carbocycles. The lowest BCUT2D eigenvalue weighted by atomic mass is 10.1. The van der Waals surface area contributed by atoms with E-state index in [0.717, 1.165) is 31.7 Å². The average Bonchev–Trinajstić information content (AvgIpc) is 2.94. The number of aliphatic hydroxyl groups is 1. The van der Waals surface area contributed by atoms with Crippen molar-refractivity contribution in [2.75, 3.05) is 46.3 Å². The zero-order valence-corrected chi connectivity index (χ0v) is 14.6. The Morgan fingerprint density at radius 3 is 2.62 bits per heavy atom. The molecule has 0 unspecified atom stereocenters. The number of likely N-dealkylation sites (N-methyl/N-ethyl adjacent to an activating group) is 1. The molecule has 2 aliphatic heterocycles. The van der Waals surface area contributed by atoms with Crippen LogP contribution in [-0.2, 0) is 11.2 Å². The smallest absolute Gasteiger partial charge is 0.227 e. The van der Waals surface area contributed by atoms with Crippen molar-refractivity contribution in [1.29, 1.82) is 0 Å². The van der Waals surface area contributed by atoms with E-state index in [0.29, 0.717) is 13.1 Å². The Morgan fingerprint density at radius 1 is 1.25 bits per heavy atom. The Balaban J connectivity index is 1.59. The molecule has 2 saturated heterocycles. The van der Waals surface area contributed by atoms with E-state index in [9.17, 15) is 15.0 Å². The maximum atomic E-state index is 12.5. The molecule has 24 heavy (non-hydrogen) atoms. The summed E-state index contributed by atoms with van der Waals surface area (Å²) in [5.74, 6) is -0.00738. The van der Waals surface area contributed by atoms with Crippen molar-refractivity contribution in [3.8, 4) is 5.75 Å². The van der Waals surface area contributed by atoms with Crippen LogP contribution in [0.2, 0.25) is 5.02 Å². The largest absolute Gasteiger partial charge is 0.506 e. The molecular formula is C17H24ClN3O3. The number of hydrogen-bond acceptors (Lipinski definition) is 5. The van der Waals surface area contributed by atoms with Crippen LogP contribution in [0, 0.1) is 0 Å². The Bertz CT molecular complexity index is 605. The maximum absolute atomic E-state index is 12.5. The highest BCUT2D eigenvalue weighted by Gasteiger charge is 2.38. The number of halogens is 1. The molecule has 1 aromatic rings. The molecule has 0 aliphatic carbocycles. The van der Waals surface area contributed by atoms with Gasteiger partial charge in [-0.15, -0.1) is 0 Å². The topological polar surface area (TPSA) is 67.2 Å². The number of aliphatic hydroxyl groups excluding tert-OH is 1. The van der Waals surface area contributed by atoms with E-state index < -0.39 is 6.10 Å². The van der Waals surface area contributed by atoms with Gasteiger partial charge in [0.25, 0.3) is 0 Å². The van der Waals surface area contributed by atoms with Crippen LogP contribution in [0.5, 0.6) is 5.75 Å². The lowest BCUT2D eigenvalue weighted by Crippen LogP contribution is -2.52. The molecule has 6 nitrogen and oxygen atoms in total. The van der Waals surface area contributed by atoms with Crippen LogP contribution < -0.4 is 0 Å². The van der Waals surface area contributed by atoms with Crippen LogP contribution >= 0.6 is 11.6 Å². The number of likely N-dealkylation sites (tertiary alicyclic amines) is 1. The second-order valence-electron chi connectivity index (χ2n) is 6.74. The van der Waals surface area contributed by atoms with Gasteiger partial charge in [-0.05, 0) is 24.7 Å². The van der Waals surface area contributed by atoms with E-state index in [1.165, 1.54) is 6.07 Å².